The molecule has 0 aliphatic heterocycles. The van der Waals surface area contributed by atoms with Crippen molar-refractivity contribution >= 4 is 43.4 Å². The minimum absolute atomic E-state index is 0.0184. The molecule has 3 N–H and O–H groups in total. The van der Waals surface area contributed by atoms with Gasteiger partial charge in [0, 0.05) is 11.8 Å². The molecule has 11 nitrogen and oxygen atoms in total. The Hall–Kier alpha value is -3.19. The van der Waals surface area contributed by atoms with E-state index >= 15 is 0 Å². The maximum Gasteiger partial charge on any atom is 0.321 e. The van der Waals surface area contributed by atoms with E-state index in [0.29, 0.717) is 10.2 Å². The fraction of sp³-hybridized carbons (Fsp3) is 0.125. The van der Waals surface area contributed by atoms with Crippen LogP contribution in [0, 0.1) is 0 Å². The number of aromatic amines is 1. The maximum absolute atomic E-state index is 12.6. The Kier molecular flexibility index (Phi) is 5.98. The van der Waals surface area contributed by atoms with Crippen LogP contribution in [0.15, 0.2) is 45.9 Å². The third-order valence-electron chi connectivity index (χ3n) is 3.56. The lowest BCUT2D eigenvalue weighted by Gasteiger charge is -2.10. The zero-order chi connectivity index (χ0) is 21.0. The van der Waals surface area contributed by atoms with Crippen molar-refractivity contribution in [1.82, 2.24) is 20.2 Å². The number of rotatable bonds is 7. The molecule has 2 heterocycles. The Bertz CT molecular complexity index is 1110. The van der Waals surface area contributed by atoms with Crippen LogP contribution < -0.4 is 19.5 Å². The van der Waals surface area contributed by atoms with Crippen molar-refractivity contribution in [2.45, 2.75) is 4.90 Å². The minimum Gasteiger partial charge on any atom is -0.481 e. The molecule has 2 aromatic heterocycles. The van der Waals surface area contributed by atoms with E-state index in [0.717, 1.165) is 0 Å². The Labute approximate surface area is 174 Å². The topological polar surface area (TPSA) is 148 Å². The zero-order valence-electron chi connectivity index (χ0n) is 15.1. The summed E-state index contributed by atoms with van der Waals surface area (Å²) < 4.78 is 38.0. The van der Waals surface area contributed by atoms with Crippen molar-refractivity contribution < 1.29 is 22.7 Å². The molecular weight excluding hydrogens is 468 g/mol. The molecule has 0 bridgehead atoms. The number of hydrogen-bond donors (Lipinski definition) is 3. The molecule has 0 saturated carbocycles. The van der Waals surface area contributed by atoms with Crippen molar-refractivity contribution in [1.29, 1.82) is 0 Å². The van der Waals surface area contributed by atoms with Gasteiger partial charge in [-0.1, -0.05) is 0 Å². The molecule has 0 radical (unpaired) electrons. The van der Waals surface area contributed by atoms with Crippen LogP contribution in [0.4, 0.5) is 11.5 Å². The largest absolute Gasteiger partial charge is 0.481 e. The Morgan fingerprint density at radius 1 is 1.14 bits per heavy atom. The number of anilines is 2. The first-order chi connectivity index (χ1) is 13.8. The molecule has 152 valence electrons. The van der Waals surface area contributed by atoms with E-state index in [-0.39, 0.29) is 28.3 Å². The molecular formula is C16H15BrN6O5S. The average Bonchev–Trinajstić information content (AvgIpc) is 3.13. The third-order valence-corrected chi connectivity index (χ3v) is 5.53. The van der Waals surface area contributed by atoms with Crippen molar-refractivity contribution in [3.05, 3.63) is 46.7 Å². The molecule has 0 saturated heterocycles. The molecule has 29 heavy (non-hydrogen) atoms. The van der Waals surface area contributed by atoms with Crippen LogP contribution in [0.5, 0.6) is 11.9 Å². The highest BCUT2D eigenvalue weighted by atomic mass is 79.9. The number of benzene rings is 1. The molecule has 1 amide bonds. The van der Waals surface area contributed by atoms with E-state index in [2.05, 4.69) is 46.1 Å². The summed E-state index contributed by atoms with van der Waals surface area (Å²) in [5.41, 5.74) is 0.649. The first kappa shape index (κ1) is 20.5. The van der Waals surface area contributed by atoms with Crippen molar-refractivity contribution in [2.75, 3.05) is 24.3 Å². The van der Waals surface area contributed by atoms with Crippen molar-refractivity contribution in [2.24, 2.45) is 0 Å². The number of methoxy groups -OCH3 is 2. The van der Waals surface area contributed by atoms with Gasteiger partial charge in [0.2, 0.25) is 5.88 Å². The molecule has 0 spiro atoms. The Morgan fingerprint density at radius 2 is 1.86 bits per heavy atom. The van der Waals surface area contributed by atoms with Crippen LogP contribution in [-0.4, -0.2) is 48.7 Å². The van der Waals surface area contributed by atoms with Crippen molar-refractivity contribution in [3.63, 3.8) is 0 Å². The predicted molar refractivity (Wildman–Crippen MR) is 107 cm³/mol. The molecule has 0 atom stereocenters. The lowest BCUT2D eigenvalue weighted by molar-refractivity contribution is 0.102. The number of carbonyl (C=O) groups excluding carboxylic acids is 1. The van der Waals surface area contributed by atoms with Crippen molar-refractivity contribution in [3.8, 4) is 11.9 Å². The lowest BCUT2D eigenvalue weighted by atomic mass is 10.3. The summed E-state index contributed by atoms with van der Waals surface area (Å²) in [5, 5.41) is 8.94. The molecule has 0 fully saturated rings. The van der Waals surface area contributed by atoms with Gasteiger partial charge in [0.05, 0.1) is 29.8 Å². The van der Waals surface area contributed by atoms with Crippen LogP contribution in [0.3, 0.4) is 0 Å². The third kappa shape index (κ3) is 4.81. The number of amides is 1. The first-order valence-electron chi connectivity index (χ1n) is 7.92. The second-order valence-electron chi connectivity index (χ2n) is 5.46. The van der Waals surface area contributed by atoms with Crippen LogP contribution in [0.1, 0.15) is 10.5 Å². The summed E-state index contributed by atoms with van der Waals surface area (Å²) in [5.74, 6) is -0.309. The highest BCUT2D eigenvalue weighted by Gasteiger charge is 2.18. The van der Waals surface area contributed by atoms with Crippen LogP contribution in [0.25, 0.3) is 0 Å². The summed E-state index contributed by atoms with van der Waals surface area (Å²) in [6, 6.07) is 6.86. The van der Waals surface area contributed by atoms with Gasteiger partial charge >= 0.3 is 6.01 Å². The molecule has 3 aromatic rings. The zero-order valence-corrected chi connectivity index (χ0v) is 17.5. The number of hydrogen-bond acceptors (Lipinski definition) is 8. The predicted octanol–water partition coefficient (Wildman–Crippen LogP) is 2.03. The van der Waals surface area contributed by atoms with Crippen LogP contribution >= 0.6 is 15.9 Å². The van der Waals surface area contributed by atoms with E-state index in [1.165, 1.54) is 50.7 Å². The molecule has 3 rings (SSSR count). The number of ether oxygens (including phenoxy) is 2. The van der Waals surface area contributed by atoms with Crippen LogP contribution in [-0.2, 0) is 10.0 Å². The number of H-pyrrole nitrogens is 1. The molecule has 0 unspecified atom stereocenters. The van der Waals surface area contributed by atoms with Gasteiger partial charge in [-0.25, -0.2) is 8.42 Å². The Balaban J connectivity index is 1.76. The lowest BCUT2D eigenvalue weighted by Crippen LogP contribution is -2.15. The number of aromatic nitrogens is 4. The standard InChI is InChI=1S/C16H15BrN6O5S/c1-27-13-7-12(20-16(21-13)28-2)23-29(25,26)10-5-3-9(4-6-10)19-15(24)14-11(17)8-18-22-14/h3-8H,1-2H3,(H,18,22)(H,19,24)(H,20,21,23). The van der Waals surface area contributed by atoms with Gasteiger partial charge in [0.1, 0.15) is 5.69 Å². The maximum atomic E-state index is 12.6. The van der Waals surface area contributed by atoms with Crippen LogP contribution in [0.2, 0.25) is 0 Å². The summed E-state index contributed by atoms with van der Waals surface area (Å²) in [7, 11) is -1.21. The summed E-state index contributed by atoms with van der Waals surface area (Å²) >= 11 is 3.20. The molecule has 0 aliphatic carbocycles. The average molecular weight is 483 g/mol. The van der Waals surface area contributed by atoms with E-state index in [4.69, 9.17) is 9.47 Å². The van der Waals surface area contributed by atoms with Gasteiger partial charge in [0.25, 0.3) is 15.9 Å². The second-order valence-corrected chi connectivity index (χ2v) is 8.00. The van der Waals surface area contributed by atoms with Gasteiger partial charge in [-0.2, -0.15) is 15.1 Å². The highest BCUT2D eigenvalue weighted by molar-refractivity contribution is 9.10. The highest BCUT2D eigenvalue weighted by Crippen LogP contribution is 2.22. The summed E-state index contributed by atoms with van der Waals surface area (Å²) in [6.07, 6.45) is 1.45. The number of nitrogens with one attached hydrogen (secondary N) is 3. The second kappa shape index (κ2) is 8.45. The van der Waals surface area contributed by atoms with E-state index in [1.807, 2.05) is 0 Å². The smallest absolute Gasteiger partial charge is 0.321 e. The van der Waals surface area contributed by atoms with Gasteiger partial charge in [-0.3, -0.25) is 14.6 Å². The number of halogens is 1. The van der Waals surface area contributed by atoms with Gasteiger partial charge in [-0.15, -0.1) is 0 Å². The SMILES string of the molecule is COc1cc(NS(=O)(=O)c2ccc(NC(=O)c3[nH]ncc3Br)cc2)nc(OC)n1. The number of nitrogens with zero attached hydrogens (tertiary/aromatic N) is 3. The monoisotopic (exact) mass is 482 g/mol. The van der Waals surface area contributed by atoms with Gasteiger partial charge in [0.15, 0.2) is 5.82 Å². The normalized spacial score (nSPS) is 11.0. The molecule has 1 aromatic carbocycles. The van der Waals surface area contributed by atoms with Gasteiger partial charge in [-0.05, 0) is 40.2 Å². The number of carbonyl (C=O) groups is 1. The van der Waals surface area contributed by atoms with E-state index < -0.39 is 15.9 Å². The first-order valence-corrected chi connectivity index (χ1v) is 10.2. The fourth-order valence-corrected chi connectivity index (χ4v) is 3.55. The summed E-state index contributed by atoms with van der Waals surface area (Å²) in [6.45, 7) is 0. The number of sulfonamides is 1. The summed E-state index contributed by atoms with van der Waals surface area (Å²) in [4.78, 5) is 20.0. The van der Waals surface area contributed by atoms with E-state index in [1.54, 1.807) is 0 Å². The molecule has 13 heteroatoms. The van der Waals surface area contributed by atoms with Gasteiger partial charge < -0.3 is 14.8 Å². The quantitative estimate of drug-likeness (QED) is 0.463. The fourth-order valence-electron chi connectivity index (χ4n) is 2.19. The molecule has 0 aliphatic rings. The minimum atomic E-state index is -3.95. The van der Waals surface area contributed by atoms with E-state index in [9.17, 15) is 13.2 Å². The Morgan fingerprint density at radius 3 is 2.45 bits per heavy atom.